The summed E-state index contributed by atoms with van der Waals surface area (Å²) in [6, 6.07) is 16.3. The highest BCUT2D eigenvalue weighted by atomic mass is 19.1. The number of hydrogen-bond acceptors (Lipinski definition) is 3. The van der Waals surface area contributed by atoms with Crippen molar-refractivity contribution in [1.29, 1.82) is 0 Å². The maximum absolute atomic E-state index is 13.5. The van der Waals surface area contributed by atoms with Crippen LogP contribution >= 0.6 is 0 Å². The lowest BCUT2D eigenvalue weighted by molar-refractivity contribution is -0.141. The molecule has 25 heavy (non-hydrogen) atoms. The third-order valence-corrected chi connectivity index (χ3v) is 4.28. The number of carbonyl (C=O) groups excluding carboxylic acids is 1. The fourth-order valence-corrected chi connectivity index (χ4v) is 2.89. The second kappa shape index (κ2) is 8.62. The van der Waals surface area contributed by atoms with E-state index in [1.54, 1.807) is 17.0 Å². The lowest BCUT2D eigenvalue weighted by Gasteiger charge is -2.33. The Morgan fingerprint density at radius 2 is 1.92 bits per heavy atom. The van der Waals surface area contributed by atoms with E-state index in [1.165, 1.54) is 17.7 Å². The Hall–Kier alpha value is -2.40. The molecule has 4 nitrogen and oxygen atoms in total. The van der Waals surface area contributed by atoms with Crippen LogP contribution in [-0.4, -0.2) is 43.2 Å². The van der Waals surface area contributed by atoms with Crippen LogP contribution in [0.4, 0.5) is 4.39 Å². The van der Waals surface area contributed by atoms with Crippen molar-refractivity contribution >= 4 is 5.91 Å². The van der Waals surface area contributed by atoms with Gasteiger partial charge in [0.2, 0.25) is 0 Å². The second-order valence-electron chi connectivity index (χ2n) is 6.08. The van der Waals surface area contributed by atoms with E-state index in [2.05, 4.69) is 12.1 Å². The number of para-hydroxylation sites is 1. The van der Waals surface area contributed by atoms with E-state index in [0.717, 1.165) is 12.8 Å². The van der Waals surface area contributed by atoms with Gasteiger partial charge in [0.05, 0.1) is 12.7 Å². The van der Waals surface area contributed by atoms with Gasteiger partial charge in [0, 0.05) is 13.1 Å². The average Bonchev–Trinajstić information content (AvgIpc) is 2.66. The number of hydrogen-bond donors (Lipinski definition) is 0. The number of rotatable bonds is 6. The summed E-state index contributed by atoms with van der Waals surface area (Å²) in [5.74, 6) is -0.501. The van der Waals surface area contributed by atoms with Gasteiger partial charge in [0.25, 0.3) is 5.91 Å². The summed E-state index contributed by atoms with van der Waals surface area (Å²) in [4.78, 5) is 14.1. The van der Waals surface area contributed by atoms with Gasteiger partial charge in [-0.2, -0.15) is 0 Å². The first-order valence-corrected chi connectivity index (χ1v) is 8.53. The molecule has 1 atom stereocenters. The number of morpholine rings is 1. The molecular formula is C20H22FNO3. The van der Waals surface area contributed by atoms with E-state index in [4.69, 9.17) is 9.47 Å². The summed E-state index contributed by atoms with van der Waals surface area (Å²) in [5.41, 5.74) is 1.26. The van der Waals surface area contributed by atoms with Crippen LogP contribution in [0.2, 0.25) is 0 Å². The summed E-state index contributed by atoms with van der Waals surface area (Å²) in [6.07, 6.45) is 1.80. The monoisotopic (exact) mass is 343 g/mol. The lowest BCUT2D eigenvalue weighted by Crippen LogP contribution is -2.47. The average molecular weight is 343 g/mol. The molecule has 0 aromatic heterocycles. The SMILES string of the molecule is O=C(COc1ccccc1F)N1CCOC(CCc2ccccc2)C1. The summed E-state index contributed by atoms with van der Waals surface area (Å²) >= 11 is 0. The van der Waals surface area contributed by atoms with Gasteiger partial charge in [0.1, 0.15) is 0 Å². The van der Waals surface area contributed by atoms with E-state index < -0.39 is 5.82 Å². The fraction of sp³-hybridized carbons (Fsp3) is 0.350. The molecule has 2 aromatic rings. The van der Waals surface area contributed by atoms with Gasteiger partial charge in [-0.3, -0.25) is 4.79 Å². The Bertz CT molecular complexity index is 692. The number of ether oxygens (including phenoxy) is 2. The summed E-state index contributed by atoms with van der Waals surface area (Å²) in [5, 5.41) is 0. The predicted molar refractivity (Wildman–Crippen MR) is 93.0 cm³/mol. The zero-order chi connectivity index (χ0) is 17.5. The Balaban J connectivity index is 1.47. The predicted octanol–water partition coefficient (Wildman–Crippen LogP) is 3.06. The van der Waals surface area contributed by atoms with Gasteiger partial charge in [-0.15, -0.1) is 0 Å². The maximum Gasteiger partial charge on any atom is 0.260 e. The molecule has 2 aromatic carbocycles. The van der Waals surface area contributed by atoms with Gasteiger partial charge >= 0.3 is 0 Å². The van der Waals surface area contributed by atoms with Gasteiger partial charge in [-0.05, 0) is 30.5 Å². The smallest absolute Gasteiger partial charge is 0.260 e. The van der Waals surface area contributed by atoms with E-state index >= 15 is 0 Å². The molecule has 1 amide bonds. The van der Waals surface area contributed by atoms with Crippen molar-refractivity contribution in [2.24, 2.45) is 0 Å². The zero-order valence-corrected chi connectivity index (χ0v) is 14.1. The number of nitrogens with zero attached hydrogens (tertiary/aromatic N) is 1. The first-order valence-electron chi connectivity index (χ1n) is 8.53. The minimum atomic E-state index is -0.460. The van der Waals surface area contributed by atoms with Crippen LogP contribution in [0.1, 0.15) is 12.0 Å². The van der Waals surface area contributed by atoms with Crippen LogP contribution in [0.15, 0.2) is 54.6 Å². The van der Waals surface area contributed by atoms with Crippen LogP contribution in [0.5, 0.6) is 5.75 Å². The van der Waals surface area contributed by atoms with Gasteiger partial charge in [-0.1, -0.05) is 42.5 Å². The fourth-order valence-electron chi connectivity index (χ4n) is 2.89. The summed E-state index contributed by atoms with van der Waals surface area (Å²) < 4.78 is 24.6. The van der Waals surface area contributed by atoms with Gasteiger partial charge < -0.3 is 14.4 Å². The molecule has 3 rings (SSSR count). The number of aryl methyl sites for hydroxylation is 1. The third kappa shape index (κ3) is 5.03. The van der Waals surface area contributed by atoms with E-state index in [-0.39, 0.29) is 24.4 Å². The maximum atomic E-state index is 13.5. The largest absolute Gasteiger partial charge is 0.481 e. The van der Waals surface area contributed by atoms with Crippen molar-refractivity contribution in [3.05, 3.63) is 66.0 Å². The Morgan fingerprint density at radius 3 is 2.72 bits per heavy atom. The highest BCUT2D eigenvalue weighted by Gasteiger charge is 2.24. The quantitative estimate of drug-likeness (QED) is 0.809. The Labute approximate surface area is 147 Å². The normalized spacial score (nSPS) is 17.3. The van der Waals surface area contributed by atoms with Crippen molar-refractivity contribution in [3.63, 3.8) is 0 Å². The molecule has 0 radical (unpaired) electrons. The molecule has 0 saturated carbocycles. The molecule has 132 valence electrons. The first-order chi connectivity index (χ1) is 12.2. The molecule has 0 bridgehead atoms. The Kier molecular flexibility index (Phi) is 6.01. The minimum Gasteiger partial charge on any atom is -0.481 e. The molecule has 1 fully saturated rings. The van der Waals surface area contributed by atoms with Crippen molar-refractivity contribution in [2.45, 2.75) is 18.9 Å². The van der Waals surface area contributed by atoms with Crippen LogP contribution in [-0.2, 0) is 16.0 Å². The van der Waals surface area contributed by atoms with E-state index in [0.29, 0.717) is 19.7 Å². The zero-order valence-electron chi connectivity index (χ0n) is 14.1. The molecular weight excluding hydrogens is 321 g/mol. The summed E-state index contributed by atoms with van der Waals surface area (Å²) in [6.45, 7) is 1.45. The number of amides is 1. The second-order valence-corrected chi connectivity index (χ2v) is 6.08. The van der Waals surface area contributed by atoms with Crippen molar-refractivity contribution in [1.82, 2.24) is 4.90 Å². The molecule has 1 aliphatic rings. The lowest BCUT2D eigenvalue weighted by atomic mass is 10.1. The molecule has 5 heteroatoms. The molecule has 0 N–H and O–H groups in total. The van der Waals surface area contributed by atoms with Gasteiger partial charge in [-0.25, -0.2) is 4.39 Å². The Morgan fingerprint density at radius 1 is 1.16 bits per heavy atom. The standard InChI is InChI=1S/C20H22FNO3/c21-18-8-4-5-9-19(18)25-15-20(23)22-12-13-24-17(14-22)11-10-16-6-2-1-3-7-16/h1-9,17H,10-15H2. The van der Waals surface area contributed by atoms with Crippen LogP contribution in [0.25, 0.3) is 0 Å². The van der Waals surface area contributed by atoms with Crippen molar-refractivity contribution in [3.8, 4) is 5.75 Å². The van der Waals surface area contributed by atoms with Crippen LogP contribution in [0.3, 0.4) is 0 Å². The molecule has 1 saturated heterocycles. The van der Waals surface area contributed by atoms with Gasteiger partial charge in [0.15, 0.2) is 18.2 Å². The first kappa shape index (κ1) is 17.4. The topological polar surface area (TPSA) is 38.8 Å². The van der Waals surface area contributed by atoms with Crippen LogP contribution < -0.4 is 4.74 Å². The number of carbonyl (C=O) groups is 1. The molecule has 0 aliphatic carbocycles. The van der Waals surface area contributed by atoms with Crippen molar-refractivity contribution < 1.29 is 18.7 Å². The van der Waals surface area contributed by atoms with Crippen molar-refractivity contribution in [2.75, 3.05) is 26.3 Å². The third-order valence-electron chi connectivity index (χ3n) is 4.28. The molecule has 1 aliphatic heterocycles. The molecule has 1 heterocycles. The molecule has 0 spiro atoms. The number of halogens is 1. The highest BCUT2D eigenvalue weighted by Crippen LogP contribution is 2.16. The van der Waals surface area contributed by atoms with Crippen LogP contribution in [0, 0.1) is 5.82 Å². The highest BCUT2D eigenvalue weighted by molar-refractivity contribution is 5.77. The van der Waals surface area contributed by atoms with E-state index in [9.17, 15) is 9.18 Å². The van der Waals surface area contributed by atoms with E-state index in [1.807, 2.05) is 18.2 Å². The number of benzene rings is 2. The summed E-state index contributed by atoms with van der Waals surface area (Å²) in [7, 11) is 0. The minimum absolute atomic E-state index is 0.0198. The molecule has 1 unspecified atom stereocenters.